The van der Waals surface area contributed by atoms with Gasteiger partial charge in [-0.2, -0.15) is 0 Å². The van der Waals surface area contributed by atoms with Gasteiger partial charge in [0.25, 0.3) is 0 Å². The maximum Gasteiger partial charge on any atom is 0.214 e. The summed E-state index contributed by atoms with van der Waals surface area (Å²) in [6.45, 7) is 5.18. The smallest absolute Gasteiger partial charge is 0.214 e. The third-order valence-corrected chi connectivity index (χ3v) is 3.25. The van der Waals surface area contributed by atoms with E-state index in [1.807, 2.05) is 36.4 Å². The van der Waals surface area contributed by atoms with Crippen molar-refractivity contribution in [1.82, 2.24) is 4.98 Å². The lowest BCUT2D eigenvalue weighted by molar-refractivity contribution is 0.292. The fourth-order valence-corrected chi connectivity index (χ4v) is 1.95. The van der Waals surface area contributed by atoms with Crippen LogP contribution in [0.15, 0.2) is 36.4 Å². The molecule has 4 heteroatoms. The monoisotopic (exact) mass is 286 g/mol. The molecule has 1 aromatic heterocycles. The quantitative estimate of drug-likeness (QED) is 0.885. The molecular formula is C17H22N2O2. The Morgan fingerprint density at radius 2 is 1.81 bits per heavy atom. The molecule has 0 aliphatic rings. The van der Waals surface area contributed by atoms with Crippen LogP contribution in [0, 0.1) is 0 Å². The Hall–Kier alpha value is -2.07. The van der Waals surface area contributed by atoms with Gasteiger partial charge in [-0.15, -0.1) is 0 Å². The van der Waals surface area contributed by atoms with Gasteiger partial charge in [0.2, 0.25) is 5.88 Å². The normalized spacial score (nSPS) is 10.7. The Bertz CT molecular complexity index is 580. The predicted molar refractivity (Wildman–Crippen MR) is 83.5 cm³/mol. The van der Waals surface area contributed by atoms with E-state index < -0.39 is 0 Å². The molecule has 1 aromatic carbocycles. The van der Waals surface area contributed by atoms with Gasteiger partial charge in [-0.05, 0) is 35.2 Å². The summed E-state index contributed by atoms with van der Waals surface area (Å²) in [5, 5.41) is 0. The second-order valence-corrected chi connectivity index (χ2v) is 5.23. The average Bonchev–Trinajstić information content (AvgIpc) is 2.53. The van der Waals surface area contributed by atoms with Gasteiger partial charge in [0, 0.05) is 18.3 Å². The van der Waals surface area contributed by atoms with Gasteiger partial charge >= 0.3 is 0 Å². The summed E-state index contributed by atoms with van der Waals surface area (Å²) >= 11 is 0. The maximum absolute atomic E-state index is 5.79. The number of methoxy groups -OCH3 is 1. The fourth-order valence-electron chi connectivity index (χ4n) is 1.95. The number of hydrogen-bond acceptors (Lipinski definition) is 4. The second kappa shape index (κ2) is 7.09. The lowest BCUT2D eigenvalue weighted by Gasteiger charge is -2.11. The van der Waals surface area contributed by atoms with E-state index in [1.54, 1.807) is 7.11 Å². The molecule has 0 fully saturated rings. The van der Waals surface area contributed by atoms with E-state index in [-0.39, 0.29) is 0 Å². The molecule has 0 amide bonds. The first-order chi connectivity index (χ1) is 10.1. The van der Waals surface area contributed by atoms with Crippen LogP contribution in [-0.4, -0.2) is 12.1 Å². The van der Waals surface area contributed by atoms with Crippen LogP contribution in [0.25, 0.3) is 0 Å². The number of benzene rings is 1. The lowest BCUT2D eigenvalue weighted by atomic mass is 10.1. The van der Waals surface area contributed by atoms with Crippen LogP contribution >= 0.6 is 0 Å². The molecule has 0 atom stereocenters. The molecule has 0 spiro atoms. The van der Waals surface area contributed by atoms with E-state index in [4.69, 9.17) is 15.2 Å². The summed E-state index contributed by atoms with van der Waals surface area (Å²) in [7, 11) is 1.65. The van der Waals surface area contributed by atoms with Crippen LogP contribution in [0.3, 0.4) is 0 Å². The van der Waals surface area contributed by atoms with Crippen LogP contribution in [-0.2, 0) is 13.2 Å². The fraction of sp³-hybridized carbons (Fsp3) is 0.353. The van der Waals surface area contributed by atoms with Gasteiger partial charge in [0.05, 0.1) is 7.11 Å². The number of ether oxygens (including phenoxy) is 2. The summed E-state index contributed by atoms with van der Waals surface area (Å²) in [6.07, 6.45) is 0. The molecular weight excluding hydrogens is 264 g/mol. The zero-order valence-corrected chi connectivity index (χ0v) is 12.8. The highest BCUT2D eigenvalue weighted by molar-refractivity contribution is 5.29. The first-order valence-electron chi connectivity index (χ1n) is 7.09. The van der Waals surface area contributed by atoms with Crippen LogP contribution in [0.5, 0.6) is 11.6 Å². The average molecular weight is 286 g/mol. The summed E-state index contributed by atoms with van der Waals surface area (Å²) in [4.78, 5) is 4.53. The summed E-state index contributed by atoms with van der Waals surface area (Å²) in [6, 6.07) is 11.7. The van der Waals surface area contributed by atoms with Crippen molar-refractivity contribution >= 4 is 0 Å². The standard InChI is InChI=1S/C17H22N2O2/c1-12(2)16-8-14(10-18)9-17(19-16)21-11-13-4-6-15(20-3)7-5-13/h4-9,12H,10-11,18H2,1-3H3. The van der Waals surface area contributed by atoms with Gasteiger partial charge in [-0.1, -0.05) is 26.0 Å². The summed E-state index contributed by atoms with van der Waals surface area (Å²) < 4.78 is 10.9. The van der Waals surface area contributed by atoms with E-state index in [0.29, 0.717) is 24.9 Å². The van der Waals surface area contributed by atoms with E-state index in [9.17, 15) is 0 Å². The van der Waals surface area contributed by atoms with Crippen LogP contribution in [0.1, 0.15) is 36.6 Å². The van der Waals surface area contributed by atoms with Crippen molar-refractivity contribution in [2.24, 2.45) is 5.73 Å². The van der Waals surface area contributed by atoms with Crippen molar-refractivity contribution in [2.75, 3.05) is 7.11 Å². The van der Waals surface area contributed by atoms with E-state index >= 15 is 0 Å². The second-order valence-electron chi connectivity index (χ2n) is 5.23. The molecule has 0 aliphatic heterocycles. The van der Waals surface area contributed by atoms with Gasteiger partial charge in [0.1, 0.15) is 12.4 Å². The van der Waals surface area contributed by atoms with Crippen LogP contribution < -0.4 is 15.2 Å². The minimum absolute atomic E-state index is 0.347. The first kappa shape index (κ1) is 15.3. The maximum atomic E-state index is 5.79. The Morgan fingerprint density at radius 3 is 2.38 bits per heavy atom. The van der Waals surface area contributed by atoms with Crippen molar-refractivity contribution in [1.29, 1.82) is 0 Å². The van der Waals surface area contributed by atoms with Gasteiger partial charge < -0.3 is 15.2 Å². The van der Waals surface area contributed by atoms with Crippen molar-refractivity contribution in [3.8, 4) is 11.6 Å². The van der Waals surface area contributed by atoms with Gasteiger partial charge in [0.15, 0.2) is 0 Å². The van der Waals surface area contributed by atoms with E-state index in [0.717, 1.165) is 22.6 Å². The number of hydrogen-bond donors (Lipinski definition) is 1. The minimum Gasteiger partial charge on any atom is -0.497 e. The molecule has 0 saturated heterocycles. The summed E-state index contributed by atoms with van der Waals surface area (Å²) in [5.41, 5.74) is 8.84. The SMILES string of the molecule is COc1ccc(COc2cc(CN)cc(C(C)C)n2)cc1. The predicted octanol–water partition coefficient (Wildman–Crippen LogP) is 3.25. The Labute approximate surface area is 125 Å². The molecule has 0 unspecified atom stereocenters. The van der Waals surface area contributed by atoms with E-state index in [1.165, 1.54) is 0 Å². The van der Waals surface area contributed by atoms with Gasteiger partial charge in [-0.25, -0.2) is 4.98 Å². The Morgan fingerprint density at radius 1 is 1.10 bits per heavy atom. The molecule has 2 N–H and O–H groups in total. The summed E-state index contributed by atoms with van der Waals surface area (Å²) in [5.74, 6) is 1.81. The van der Waals surface area contributed by atoms with Crippen LogP contribution in [0.4, 0.5) is 0 Å². The van der Waals surface area contributed by atoms with Crippen molar-refractivity contribution in [3.63, 3.8) is 0 Å². The third kappa shape index (κ3) is 4.20. The zero-order chi connectivity index (χ0) is 15.2. The zero-order valence-electron chi connectivity index (χ0n) is 12.8. The van der Waals surface area contributed by atoms with E-state index in [2.05, 4.69) is 18.8 Å². The highest BCUT2D eigenvalue weighted by Crippen LogP contribution is 2.20. The number of rotatable bonds is 6. The number of aromatic nitrogens is 1. The molecule has 0 aliphatic carbocycles. The van der Waals surface area contributed by atoms with Crippen LogP contribution in [0.2, 0.25) is 0 Å². The Kier molecular flexibility index (Phi) is 5.17. The molecule has 0 radical (unpaired) electrons. The largest absolute Gasteiger partial charge is 0.497 e. The molecule has 0 bridgehead atoms. The molecule has 1 heterocycles. The van der Waals surface area contributed by atoms with Gasteiger partial charge in [-0.3, -0.25) is 0 Å². The number of nitrogens with zero attached hydrogens (tertiary/aromatic N) is 1. The highest BCUT2D eigenvalue weighted by Gasteiger charge is 2.07. The van der Waals surface area contributed by atoms with Crippen molar-refractivity contribution < 1.29 is 9.47 Å². The molecule has 4 nitrogen and oxygen atoms in total. The molecule has 2 aromatic rings. The van der Waals surface area contributed by atoms with Crippen molar-refractivity contribution in [3.05, 3.63) is 53.2 Å². The topological polar surface area (TPSA) is 57.4 Å². The van der Waals surface area contributed by atoms with Crippen molar-refractivity contribution in [2.45, 2.75) is 32.9 Å². The molecule has 2 rings (SSSR count). The Balaban J connectivity index is 2.09. The number of pyridine rings is 1. The minimum atomic E-state index is 0.347. The number of nitrogens with two attached hydrogens (primary N) is 1. The molecule has 112 valence electrons. The third-order valence-electron chi connectivity index (χ3n) is 3.25. The first-order valence-corrected chi connectivity index (χ1v) is 7.09. The lowest BCUT2D eigenvalue weighted by Crippen LogP contribution is -2.04. The molecule has 21 heavy (non-hydrogen) atoms. The highest BCUT2D eigenvalue weighted by atomic mass is 16.5. The molecule has 0 saturated carbocycles.